The second-order valence-electron chi connectivity index (χ2n) is 6.10. The van der Waals surface area contributed by atoms with E-state index in [9.17, 15) is 9.59 Å². The largest absolute Gasteiger partial charge is 0.481 e. The molecule has 4 heteroatoms. The van der Waals surface area contributed by atoms with E-state index in [2.05, 4.69) is 0 Å². The number of rotatable bonds is 3. The maximum absolute atomic E-state index is 12.5. The van der Waals surface area contributed by atoms with E-state index in [1.165, 1.54) is 5.56 Å². The Morgan fingerprint density at radius 2 is 2.05 bits per heavy atom. The first kappa shape index (κ1) is 14.6. The van der Waals surface area contributed by atoms with E-state index in [4.69, 9.17) is 5.11 Å². The zero-order valence-electron chi connectivity index (χ0n) is 12.3. The zero-order chi connectivity index (χ0) is 14.9. The van der Waals surface area contributed by atoms with Gasteiger partial charge in [0.25, 0.3) is 0 Å². The van der Waals surface area contributed by atoms with Crippen LogP contribution in [0.25, 0.3) is 0 Å². The summed E-state index contributed by atoms with van der Waals surface area (Å²) in [6.07, 6.45) is 1.93. The van der Waals surface area contributed by atoms with Gasteiger partial charge in [0.05, 0.1) is 5.41 Å². The second-order valence-corrected chi connectivity index (χ2v) is 6.10. The minimum atomic E-state index is -1.03. The molecule has 1 N–H and O–H groups in total. The van der Waals surface area contributed by atoms with E-state index in [1.54, 1.807) is 18.7 Å². The highest BCUT2D eigenvalue weighted by atomic mass is 16.4. The standard InChI is InChI=1S/C16H21NO3/c1-11-6-4-7-12-8-5-9-17(14(11)12)13(18)10-16(2,3)15(19)20/h4,6-7H,5,8-10H2,1-3H3,(H,19,20). The Kier molecular flexibility index (Phi) is 3.84. The van der Waals surface area contributed by atoms with Crippen molar-refractivity contribution in [3.05, 3.63) is 29.3 Å². The van der Waals surface area contributed by atoms with Crippen molar-refractivity contribution >= 4 is 17.6 Å². The maximum atomic E-state index is 12.5. The lowest BCUT2D eigenvalue weighted by molar-refractivity contribution is -0.149. The van der Waals surface area contributed by atoms with Crippen LogP contribution in [0.5, 0.6) is 0 Å². The molecular formula is C16H21NO3. The summed E-state index contributed by atoms with van der Waals surface area (Å²) in [6, 6.07) is 6.04. The number of aliphatic carboxylic acids is 1. The van der Waals surface area contributed by atoms with Crippen LogP contribution in [0.2, 0.25) is 0 Å². The minimum Gasteiger partial charge on any atom is -0.481 e. The second kappa shape index (κ2) is 5.27. The fourth-order valence-electron chi connectivity index (χ4n) is 2.65. The lowest BCUT2D eigenvalue weighted by Crippen LogP contribution is -2.40. The van der Waals surface area contributed by atoms with Crippen molar-refractivity contribution in [1.29, 1.82) is 0 Å². The van der Waals surface area contributed by atoms with Crippen LogP contribution in [0.4, 0.5) is 5.69 Å². The number of hydrogen-bond donors (Lipinski definition) is 1. The van der Waals surface area contributed by atoms with Gasteiger partial charge in [-0.05, 0) is 44.7 Å². The van der Waals surface area contributed by atoms with E-state index in [-0.39, 0.29) is 12.3 Å². The van der Waals surface area contributed by atoms with Gasteiger partial charge in [-0.3, -0.25) is 9.59 Å². The molecule has 0 saturated heterocycles. The topological polar surface area (TPSA) is 57.6 Å². The molecule has 0 aliphatic carbocycles. The average Bonchev–Trinajstić information content (AvgIpc) is 2.37. The first-order valence-electron chi connectivity index (χ1n) is 6.95. The van der Waals surface area contributed by atoms with Gasteiger partial charge in [-0.1, -0.05) is 18.2 Å². The number of fused-ring (bicyclic) bond motifs is 1. The van der Waals surface area contributed by atoms with Gasteiger partial charge < -0.3 is 10.0 Å². The molecule has 0 saturated carbocycles. The molecule has 1 aliphatic heterocycles. The smallest absolute Gasteiger partial charge is 0.309 e. The van der Waals surface area contributed by atoms with Crippen LogP contribution >= 0.6 is 0 Å². The third-order valence-corrected chi connectivity index (χ3v) is 3.89. The highest BCUT2D eigenvalue weighted by Gasteiger charge is 2.34. The third-order valence-electron chi connectivity index (χ3n) is 3.89. The molecule has 1 heterocycles. The lowest BCUT2D eigenvalue weighted by Gasteiger charge is -2.33. The minimum absolute atomic E-state index is 0.0239. The Bertz CT molecular complexity index is 549. The Hall–Kier alpha value is -1.84. The summed E-state index contributed by atoms with van der Waals surface area (Å²) in [5.74, 6) is -1.04. The SMILES string of the molecule is Cc1cccc2c1N(C(=O)CC(C)(C)C(=O)O)CCC2. The van der Waals surface area contributed by atoms with Crippen LogP contribution in [0.15, 0.2) is 18.2 Å². The summed E-state index contributed by atoms with van der Waals surface area (Å²) in [7, 11) is 0. The van der Waals surface area contributed by atoms with Gasteiger partial charge in [-0.15, -0.1) is 0 Å². The van der Waals surface area contributed by atoms with Crippen LogP contribution in [-0.2, 0) is 16.0 Å². The summed E-state index contributed by atoms with van der Waals surface area (Å²) in [4.78, 5) is 25.4. The van der Waals surface area contributed by atoms with Gasteiger partial charge in [0.2, 0.25) is 5.91 Å². The van der Waals surface area contributed by atoms with Crippen molar-refractivity contribution in [2.45, 2.75) is 40.0 Å². The number of benzene rings is 1. The molecule has 2 rings (SSSR count). The first-order valence-corrected chi connectivity index (χ1v) is 6.95. The predicted octanol–water partition coefficient (Wildman–Crippen LogP) is 2.78. The fraction of sp³-hybridized carbons (Fsp3) is 0.500. The number of carboxylic acid groups (broad SMARTS) is 1. The molecule has 0 radical (unpaired) electrons. The normalized spacial score (nSPS) is 14.8. The van der Waals surface area contributed by atoms with Crippen molar-refractivity contribution in [3.8, 4) is 0 Å². The van der Waals surface area contributed by atoms with Crippen molar-refractivity contribution < 1.29 is 14.7 Å². The van der Waals surface area contributed by atoms with Gasteiger partial charge in [0.1, 0.15) is 0 Å². The van der Waals surface area contributed by atoms with Gasteiger partial charge in [0.15, 0.2) is 0 Å². The van der Waals surface area contributed by atoms with Crippen molar-refractivity contribution in [3.63, 3.8) is 0 Å². The van der Waals surface area contributed by atoms with Crippen molar-refractivity contribution in [1.82, 2.24) is 0 Å². The number of para-hydroxylation sites is 1. The molecule has 0 bridgehead atoms. The van der Waals surface area contributed by atoms with E-state index < -0.39 is 11.4 Å². The molecule has 1 aromatic carbocycles. The Labute approximate surface area is 119 Å². The van der Waals surface area contributed by atoms with Crippen LogP contribution in [0, 0.1) is 12.3 Å². The van der Waals surface area contributed by atoms with E-state index >= 15 is 0 Å². The molecule has 0 spiro atoms. The highest BCUT2D eigenvalue weighted by molar-refractivity contribution is 5.97. The number of nitrogens with zero attached hydrogens (tertiary/aromatic N) is 1. The molecule has 1 aromatic rings. The molecule has 1 amide bonds. The highest BCUT2D eigenvalue weighted by Crippen LogP contribution is 2.32. The van der Waals surface area contributed by atoms with Crippen LogP contribution < -0.4 is 4.90 Å². The number of aryl methyl sites for hydroxylation is 2. The predicted molar refractivity (Wildman–Crippen MR) is 77.9 cm³/mol. The van der Waals surface area contributed by atoms with Gasteiger partial charge >= 0.3 is 5.97 Å². The Morgan fingerprint density at radius 3 is 2.70 bits per heavy atom. The molecular weight excluding hydrogens is 254 g/mol. The van der Waals surface area contributed by atoms with Gasteiger partial charge in [0, 0.05) is 18.7 Å². The lowest BCUT2D eigenvalue weighted by atomic mass is 9.88. The quantitative estimate of drug-likeness (QED) is 0.922. The number of amides is 1. The van der Waals surface area contributed by atoms with E-state index in [1.807, 2.05) is 25.1 Å². The fourth-order valence-corrected chi connectivity index (χ4v) is 2.65. The van der Waals surface area contributed by atoms with Crippen molar-refractivity contribution in [2.75, 3.05) is 11.4 Å². The molecule has 0 unspecified atom stereocenters. The van der Waals surface area contributed by atoms with E-state index in [0.29, 0.717) is 6.54 Å². The number of carboxylic acids is 1. The number of carbonyl (C=O) groups is 2. The summed E-state index contributed by atoms with van der Waals surface area (Å²) in [5.41, 5.74) is 2.20. The van der Waals surface area contributed by atoms with Gasteiger partial charge in [-0.2, -0.15) is 0 Å². The number of hydrogen-bond acceptors (Lipinski definition) is 2. The van der Waals surface area contributed by atoms with Gasteiger partial charge in [-0.25, -0.2) is 0 Å². The molecule has 0 fully saturated rings. The summed E-state index contributed by atoms with van der Waals surface area (Å²) >= 11 is 0. The molecule has 1 aliphatic rings. The Balaban J connectivity index is 2.28. The first-order chi connectivity index (χ1) is 9.33. The maximum Gasteiger partial charge on any atom is 0.309 e. The van der Waals surface area contributed by atoms with E-state index in [0.717, 1.165) is 24.1 Å². The molecule has 20 heavy (non-hydrogen) atoms. The number of anilines is 1. The third kappa shape index (κ3) is 2.69. The van der Waals surface area contributed by atoms with Crippen LogP contribution in [0.3, 0.4) is 0 Å². The molecule has 108 valence electrons. The summed E-state index contributed by atoms with van der Waals surface area (Å²) in [5, 5.41) is 9.17. The monoisotopic (exact) mass is 275 g/mol. The average molecular weight is 275 g/mol. The summed E-state index contributed by atoms with van der Waals surface area (Å²) in [6.45, 7) is 5.85. The zero-order valence-corrected chi connectivity index (χ0v) is 12.3. The van der Waals surface area contributed by atoms with Crippen molar-refractivity contribution in [2.24, 2.45) is 5.41 Å². The van der Waals surface area contributed by atoms with Crippen LogP contribution in [-0.4, -0.2) is 23.5 Å². The molecule has 4 nitrogen and oxygen atoms in total. The Morgan fingerprint density at radius 1 is 1.35 bits per heavy atom. The summed E-state index contributed by atoms with van der Waals surface area (Å²) < 4.78 is 0. The molecule has 0 atom stereocenters. The molecule has 0 aromatic heterocycles. The van der Waals surface area contributed by atoms with Crippen LogP contribution in [0.1, 0.15) is 37.8 Å². The number of carbonyl (C=O) groups excluding carboxylic acids is 1.